The minimum Gasteiger partial charge on any atom is -0.350 e. The Hall–Kier alpha value is -2.73. The second kappa shape index (κ2) is 7.90. The van der Waals surface area contributed by atoms with Crippen molar-refractivity contribution in [3.05, 3.63) is 82.1 Å². The third-order valence-corrected chi connectivity index (χ3v) is 4.06. The number of benzene rings is 2. The average molecular weight is 397 g/mol. The molecule has 0 bridgehead atoms. The van der Waals surface area contributed by atoms with E-state index in [1.165, 1.54) is 18.0 Å². The van der Waals surface area contributed by atoms with Crippen molar-refractivity contribution in [2.24, 2.45) is 0 Å². The van der Waals surface area contributed by atoms with Gasteiger partial charge in [0.1, 0.15) is 0 Å². The molecular formula is C19H17BrN4O. The third-order valence-electron chi connectivity index (χ3n) is 3.57. The molecule has 2 N–H and O–H groups in total. The van der Waals surface area contributed by atoms with Crippen LogP contribution < -0.4 is 10.6 Å². The van der Waals surface area contributed by atoms with Crippen LogP contribution in [0.25, 0.3) is 0 Å². The van der Waals surface area contributed by atoms with Crippen LogP contribution in [0.15, 0.2) is 65.4 Å². The van der Waals surface area contributed by atoms with Crippen molar-refractivity contribution in [2.45, 2.75) is 13.5 Å². The number of nitrogens with zero attached hydrogens (tertiary/aromatic N) is 2. The SMILES string of the molecule is Cc1ccc(CNc2ncc(C(=O)Nc3cccc(Br)c3)cn2)cc1. The Morgan fingerprint density at radius 3 is 2.48 bits per heavy atom. The number of hydrogen-bond acceptors (Lipinski definition) is 4. The molecule has 1 heterocycles. The smallest absolute Gasteiger partial charge is 0.258 e. The van der Waals surface area contributed by atoms with E-state index in [-0.39, 0.29) is 5.91 Å². The van der Waals surface area contributed by atoms with Gasteiger partial charge < -0.3 is 10.6 Å². The number of halogens is 1. The number of aryl methyl sites for hydroxylation is 1. The van der Waals surface area contributed by atoms with Gasteiger partial charge in [0.05, 0.1) is 5.56 Å². The van der Waals surface area contributed by atoms with Crippen molar-refractivity contribution in [1.29, 1.82) is 0 Å². The molecule has 2 aromatic carbocycles. The van der Waals surface area contributed by atoms with E-state index >= 15 is 0 Å². The quantitative estimate of drug-likeness (QED) is 0.669. The predicted octanol–water partition coefficient (Wildman–Crippen LogP) is 4.41. The fourth-order valence-corrected chi connectivity index (χ4v) is 2.59. The lowest BCUT2D eigenvalue weighted by Gasteiger charge is -2.07. The Morgan fingerprint density at radius 2 is 1.80 bits per heavy atom. The van der Waals surface area contributed by atoms with Crippen LogP contribution in [0.3, 0.4) is 0 Å². The van der Waals surface area contributed by atoms with Gasteiger partial charge in [0, 0.05) is 29.1 Å². The van der Waals surface area contributed by atoms with Crippen molar-refractivity contribution in [3.8, 4) is 0 Å². The average Bonchev–Trinajstić information content (AvgIpc) is 2.62. The second-order valence-corrected chi connectivity index (χ2v) is 6.51. The van der Waals surface area contributed by atoms with Gasteiger partial charge in [-0.15, -0.1) is 0 Å². The lowest BCUT2D eigenvalue weighted by atomic mass is 10.1. The summed E-state index contributed by atoms with van der Waals surface area (Å²) in [4.78, 5) is 20.6. The lowest BCUT2D eigenvalue weighted by molar-refractivity contribution is 0.102. The molecule has 0 aliphatic rings. The fourth-order valence-electron chi connectivity index (χ4n) is 2.19. The minimum absolute atomic E-state index is 0.247. The van der Waals surface area contributed by atoms with Gasteiger partial charge in [-0.05, 0) is 30.7 Å². The molecule has 5 nitrogen and oxygen atoms in total. The summed E-state index contributed by atoms with van der Waals surface area (Å²) in [5.41, 5.74) is 3.48. The molecule has 3 rings (SSSR count). The second-order valence-electron chi connectivity index (χ2n) is 5.60. The Labute approximate surface area is 154 Å². The first-order valence-electron chi connectivity index (χ1n) is 7.78. The van der Waals surface area contributed by atoms with E-state index in [4.69, 9.17) is 0 Å². The number of amides is 1. The molecule has 0 aliphatic heterocycles. The molecule has 1 aromatic heterocycles. The molecule has 25 heavy (non-hydrogen) atoms. The molecule has 0 unspecified atom stereocenters. The first kappa shape index (κ1) is 17.1. The maximum absolute atomic E-state index is 12.2. The molecule has 0 fully saturated rings. The highest BCUT2D eigenvalue weighted by atomic mass is 79.9. The lowest BCUT2D eigenvalue weighted by Crippen LogP contribution is -2.13. The van der Waals surface area contributed by atoms with E-state index in [1.54, 1.807) is 0 Å². The van der Waals surface area contributed by atoms with Crippen LogP contribution in [0.1, 0.15) is 21.5 Å². The Kier molecular flexibility index (Phi) is 5.40. The van der Waals surface area contributed by atoms with Gasteiger partial charge in [-0.25, -0.2) is 9.97 Å². The molecule has 6 heteroatoms. The zero-order valence-electron chi connectivity index (χ0n) is 13.7. The van der Waals surface area contributed by atoms with Crippen LogP contribution in [0, 0.1) is 6.92 Å². The topological polar surface area (TPSA) is 66.9 Å². The summed E-state index contributed by atoms with van der Waals surface area (Å²) in [6.07, 6.45) is 3.02. The van der Waals surface area contributed by atoms with Gasteiger partial charge in [0.25, 0.3) is 5.91 Å². The minimum atomic E-state index is -0.247. The highest BCUT2D eigenvalue weighted by Crippen LogP contribution is 2.16. The molecule has 3 aromatic rings. The van der Waals surface area contributed by atoms with Crippen LogP contribution in [0.5, 0.6) is 0 Å². The highest BCUT2D eigenvalue weighted by molar-refractivity contribution is 9.10. The molecule has 126 valence electrons. The molecule has 0 aliphatic carbocycles. The Morgan fingerprint density at radius 1 is 1.08 bits per heavy atom. The summed E-state index contributed by atoms with van der Waals surface area (Å²) in [6.45, 7) is 2.68. The third kappa shape index (κ3) is 4.87. The maximum Gasteiger partial charge on any atom is 0.258 e. The zero-order valence-corrected chi connectivity index (χ0v) is 15.2. The van der Waals surface area contributed by atoms with E-state index in [0.29, 0.717) is 23.7 Å². The molecule has 1 amide bonds. The van der Waals surface area contributed by atoms with E-state index in [0.717, 1.165) is 10.0 Å². The van der Waals surface area contributed by atoms with E-state index in [1.807, 2.05) is 24.3 Å². The van der Waals surface area contributed by atoms with Crippen molar-refractivity contribution in [1.82, 2.24) is 9.97 Å². The number of anilines is 2. The molecule has 0 saturated heterocycles. The number of rotatable bonds is 5. The number of carbonyl (C=O) groups excluding carboxylic acids is 1. The van der Waals surface area contributed by atoms with Crippen molar-refractivity contribution >= 4 is 33.5 Å². The summed E-state index contributed by atoms with van der Waals surface area (Å²) < 4.78 is 0.900. The number of hydrogen-bond donors (Lipinski definition) is 2. The van der Waals surface area contributed by atoms with Crippen molar-refractivity contribution in [3.63, 3.8) is 0 Å². The van der Waals surface area contributed by atoms with Gasteiger partial charge in [-0.1, -0.05) is 51.8 Å². The van der Waals surface area contributed by atoms with E-state index < -0.39 is 0 Å². The molecule has 0 atom stereocenters. The number of carbonyl (C=O) groups is 1. The van der Waals surface area contributed by atoms with Gasteiger partial charge in [-0.2, -0.15) is 0 Å². The van der Waals surface area contributed by atoms with E-state index in [2.05, 4.69) is 67.7 Å². The van der Waals surface area contributed by atoms with Crippen LogP contribution >= 0.6 is 15.9 Å². The number of aromatic nitrogens is 2. The van der Waals surface area contributed by atoms with Gasteiger partial charge in [-0.3, -0.25) is 4.79 Å². The summed E-state index contributed by atoms with van der Waals surface area (Å²) in [5, 5.41) is 5.96. The molecule has 0 spiro atoms. The number of nitrogens with one attached hydrogen (secondary N) is 2. The molecular weight excluding hydrogens is 380 g/mol. The largest absolute Gasteiger partial charge is 0.350 e. The summed E-state index contributed by atoms with van der Waals surface area (Å²) in [5.74, 6) is 0.239. The molecule has 0 saturated carbocycles. The first-order valence-corrected chi connectivity index (χ1v) is 8.58. The van der Waals surface area contributed by atoms with Gasteiger partial charge >= 0.3 is 0 Å². The van der Waals surface area contributed by atoms with E-state index in [9.17, 15) is 4.79 Å². The summed E-state index contributed by atoms with van der Waals surface area (Å²) in [6, 6.07) is 15.6. The van der Waals surface area contributed by atoms with Crippen molar-refractivity contribution in [2.75, 3.05) is 10.6 Å². The summed E-state index contributed by atoms with van der Waals surface area (Å²) >= 11 is 3.37. The van der Waals surface area contributed by atoms with Gasteiger partial charge in [0.2, 0.25) is 5.95 Å². The maximum atomic E-state index is 12.2. The zero-order chi connectivity index (χ0) is 17.6. The highest BCUT2D eigenvalue weighted by Gasteiger charge is 2.08. The first-order chi connectivity index (χ1) is 12.1. The predicted molar refractivity (Wildman–Crippen MR) is 103 cm³/mol. The standard InChI is InChI=1S/C19H17BrN4O/c1-13-5-7-14(8-6-13)10-21-19-22-11-15(12-23-19)18(25)24-17-4-2-3-16(20)9-17/h2-9,11-12H,10H2,1H3,(H,24,25)(H,21,22,23). The Balaban J connectivity index is 1.59. The normalized spacial score (nSPS) is 10.3. The van der Waals surface area contributed by atoms with Crippen LogP contribution in [0.4, 0.5) is 11.6 Å². The van der Waals surface area contributed by atoms with Crippen LogP contribution in [-0.2, 0) is 6.54 Å². The monoisotopic (exact) mass is 396 g/mol. The summed E-state index contributed by atoms with van der Waals surface area (Å²) in [7, 11) is 0. The Bertz CT molecular complexity index is 863. The van der Waals surface area contributed by atoms with Crippen LogP contribution in [0.2, 0.25) is 0 Å². The fraction of sp³-hybridized carbons (Fsp3) is 0.105. The van der Waals surface area contributed by atoms with Crippen LogP contribution in [-0.4, -0.2) is 15.9 Å². The van der Waals surface area contributed by atoms with Gasteiger partial charge in [0.15, 0.2) is 0 Å². The molecule has 0 radical (unpaired) electrons. The van der Waals surface area contributed by atoms with Crippen molar-refractivity contribution < 1.29 is 4.79 Å².